The first-order valence-corrected chi connectivity index (χ1v) is 6.51. The lowest BCUT2D eigenvalue weighted by molar-refractivity contribution is -0.137. The maximum Gasteiger partial charge on any atom is 0.303 e. The van der Waals surface area contributed by atoms with Crippen molar-refractivity contribution in [2.75, 3.05) is 0 Å². The lowest BCUT2D eigenvalue weighted by Gasteiger charge is -2.15. The van der Waals surface area contributed by atoms with E-state index >= 15 is 0 Å². The summed E-state index contributed by atoms with van der Waals surface area (Å²) in [5.74, 6) is 0.191. The molecule has 18 heavy (non-hydrogen) atoms. The molecule has 0 saturated carbocycles. The van der Waals surface area contributed by atoms with Crippen LogP contribution >= 0.6 is 0 Å². The zero-order valence-corrected chi connectivity index (χ0v) is 11.3. The molecule has 3 nitrogen and oxygen atoms in total. The van der Waals surface area contributed by atoms with Crippen molar-refractivity contribution in [3.63, 3.8) is 0 Å². The lowest BCUT2D eigenvalue weighted by Crippen LogP contribution is -2.07. The zero-order valence-electron chi connectivity index (χ0n) is 11.3. The van der Waals surface area contributed by atoms with E-state index in [1.165, 1.54) is 0 Å². The normalized spacial score (nSPS) is 12.4. The van der Waals surface area contributed by atoms with Crippen molar-refractivity contribution in [3.05, 3.63) is 29.8 Å². The Kier molecular flexibility index (Phi) is 5.69. The second-order valence-corrected chi connectivity index (χ2v) is 4.82. The highest BCUT2D eigenvalue weighted by atomic mass is 16.5. The average molecular weight is 250 g/mol. The van der Waals surface area contributed by atoms with Crippen LogP contribution in [0.15, 0.2) is 24.3 Å². The number of carboxylic acid groups (broad SMARTS) is 1. The summed E-state index contributed by atoms with van der Waals surface area (Å²) in [4.78, 5) is 10.8. The highest BCUT2D eigenvalue weighted by Gasteiger charge is 2.14. The van der Waals surface area contributed by atoms with Gasteiger partial charge in [-0.25, -0.2) is 0 Å². The molecule has 0 fully saturated rings. The first-order valence-electron chi connectivity index (χ1n) is 6.51. The summed E-state index contributed by atoms with van der Waals surface area (Å²) in [6.45, 7) is 6.04. The Bertz CT molecular complexity index is 368. The first kappa shape index (κ1) is 14.6. The van der Waals surface area contributed by atoms with Gasteiger partial charge in [0, 0.05) is 0 Å². The summed E-state index contributed by atoms with van der Waals surface area (Å²) >= 11 is 0. The highest BCUT2D eigenvalue weighted by molar-refractivity contribution is 5.68. The van der Waals surface area contributed by atoms with Gasteiger partial charge < -0.3 is 9.84 Å². The molecule has 0 amide bonds. The standard InChI is InChI=1S/C15H22O3/c1-4-5-13(10-15(16)17)12-6-8-14(9-7-12)18-11(2)3/h6-9,11,13H,4-5,10H2,1-3H3,(H,16,17). The van der Waals surface area contributed by atoms with E-state index in [2.05, 4.69) is 6.92 Å². The van der Waals surface area contributed by atoms with E-state index in [1.54, 1.807) is 0 Å². The molecule has 1 atom stereocenters. The summed E-state index contributed by atoms with van der Waals surface area (Å²) < 4.78 is 5.57. The number of aliphatic carboxylic acids is 1. The van der Waals surface area contributed by atoms with Gasteiger partial charge in [0.2, 0.25) is 0 Å². The van der Waals surface area contributed by atoms with E-state index in [0.717, 1.165) is 24.2 Å². The van der Waals surface area contributed by atoms with E-state index in [1.807, 2.05) is 38.1 Å². The second kappa shape index (κ2) is 7.04. The molecule has 3 heteroatoms. The van der Waals surface area contributed by atoms with Crippen molar-refractivity contribution < 1.29 is 14.6 Å². The van der Waals surface area contributed by atoms with Crippen molar-refractivity contribution in [1.29, 1.82) is 0 Å². The Morgan fingerprint density at radius 3 is 2.33 bits per heavy atom. The SMILES string of the molecule is CCCC(CC(=O)O)c1ccc(OC(C)C)cc1. The molecule has 0 heterocycles. The molecule has 0 aromatic heterocycles. The van der Waals surface area contributed by atoms with Gasteiger partial charge in [-0.3, -0.25) is 4.79 Å². The maximum absolute atomic E-state index is 10.8. The van der Waals surface area contributed by atoms with Crippen LogP contribution in [0.1, 0.15) is 51.5 Å². The highest BCUT2D eigenvalue weighted by Crippen LogP contribution is 2.26. The van der Waals surface area contributed by atoms with Gasteiger partial charge in [-0.1, -0.05) is 25.5 Å². The van der Waals surface area contributed by atoms with Crippen LogP contribution in [0.3, 0.4) is 0 Å². The Morgan fingerprint density at radius 1 is 1.28 bits per heavy atom. The quantitative estimate of drug-likeness (QED) is 0.800. The predicted octanol–water partition coefficient (Wildman–Crippen LogP) is 3.83. The van der Waals surface area contributed by atoms with Gasteiger partial charge >= 0.3 is 5.97 Å². The van der Waals surface area contributed by atoms with E-state index in [-0.39, 0.29) is 18.4 Å². The molecule has 0 aliphatic heterocycles. The van der Waals surface area contributed by atoms with Gasteiger partial charge in [0.05, 0.1) is 12.5 Å². The fourth-order valence-corrected chi connectivity index (χ4v) is 2.04. The molecule has 1 aromatic rings. The van der Waals surface area contributed by atoms with Gasteiger partial charge in [0.1, 0.15) is 5.75 Å². The summed E-state index contributed by atoms with van der Waals surface area (Å²) in [6, 6.07) is 7.78. The molecule has 1 rings (SSSR count). The van der Waals surface area contributed by atoms with E-state index in [9.17, 15) is 4.79 Å². The third kappa shape index (κ3) is 4.78. The number of hydrogen-bond donors (Lipinski definition) is 1. The minimum atomic E-state index is -0.740. The summed E-state index contributed by atoms with van der Waals surface area (Å²) in [5.41, 5.74) is 1.08. The number of ether oxygens (including phenoxy) is 1. The summed E-state index contributed by atoms with van der Waals surface area (Å²) in [7, 11) is 0. The Balaban J connectivity index is 2.76. The predicted molar refractivity (Wildman–Crippen MR) is 72.1 cm³/mol. The minimum Gasteiger partial charge on any atom is -0.491 e. The largest absolute Gasteiger partial charge is 0.491 e. The monoisotopic (exact) mass is 250 g/mol. The van der Waals surface area contributed by atoms with Crippen molar-refractivity contribution in [1.82, 2.24) is 0 Å². The fraction of sp³-hybridized carbons (Fsp3) is 0.533. The third-order valence-electron chi connectivity index (χ3n) is 2.78. The van der Waals surface area contributed by atoms with E-state index in [4.69, 9.17) is 9.84 Å². The number of benzene rings is 1. The van der Waals surface area contributed by atoms with Gasteiger partial charge in [-0.05, 0) is 43.9 Å². The summed E-state index contributed by atoms with van der Waals surface area (Å²) in [6.07, 6.45) is 2.23. The molecule has 0 aliphatic rings. The van der Waals surface area contributed by atoms with Gasteiger partial charge in [0.25, 0.3) is 0 Å². The van der Waals surface area contributed by atoms with Crippen LogP contribution in [0, 0.1) is 0 Å². The Hall–Kier alpha value is -1.51. The molecule has 0 radical (unpaired) electrons. The Labute approximate surface area is 109 Å². The smallest absolute Gasteiger partial charge is 0.303 e. The number of hydrogen-bond acceptors (Lipinski definition) is 2. The second-order valence-electron chi connectivity index (χ2n) is 4.82. The molecule has 0 bridgehead atoms. The molecule has 100 valence electrons. The molecule has 0 saturated heterocycles. The van der Waals surface area contributed by atoms with Gasteiger partial charge in [-0.2, -0.15) is 0 Å². The van der Waals surface area contributed by atoms with Crippen LogP contribution in [-0.4, -0.2) is 17.2 Å². The lowest BCUT2D eigenvalue weighted by atomic mass is 9.91. The average Bonchev–Trinajstić information content (AvgIpc) is 2.28. The van der Waals surface area contributed by atoms with Crippen LogP contribution < -0.4 is 4.74 Å². The number of rotatable bonds is 7. The van der Waals surface area contributed by atoms with Gasteiger partial charge in [0.15, 0.2) is 0 Å². The topological polar surface area (TPSA) is 46.5 Å². The fourth-order valence-electron chi connectivity index (χ4n) is 2.04. The maximum atomic E-state index is 10.8. The van der Waals surface area contributed by atoms with Crippen molar-refractivity contribution in [2.45, 2.75) is 52.1 Å². The van der Waals surface area contributed by atoms with Crippen molar-refractivity contribution in [3.8, 4) is 5.75 Å². The number of carbonyl (C=O) groups is 1. The van der Waals surface area contributed by atoms with Crippen molar-refractivity contribution >= 4 is 5.97 Å². The molecule has 0 spiro atoms. The van der Waals surface area contributed by atoms with Gasteiger partial charge in [-0.15, -0.1) is 0 Å². The Morgan fingerprint density at radius 2 is 1.89 bits per heavy atom. The van der Waals surface area contributed by atoms with Crippen LogP contribution in [0.25, 0.3) is 0 Å². The third-order valence-corrected chi connectivity index (χ3v) is 2.78. The van der Waals surface area contributed by atoms with Crippen molar-refractivity contribution in [2.24, 2.45) is 0 Å². The molecule has 1 aromatic carbocycles. The van der Waals surface area contributed by atoms with Crippen LogP contribution in [0.4, 0.5) is 0 Å². The van der Waals surface area contributed by atoms with E-state index in [0.29, 0.717) is 0 Å². The van der Waals surface area contributed by atoms with E-state index < -0.39 is 5.97 Å². The molecule has 1 N–H and O–H groups in total. The molecule has 0 aliphatic carbocycles. The number of carboxylic acids is 1. The van der Waals surface area contributed by atoms with Crippen LogP contribution in [-0.2, 0) is 4.79 Å². The molecular formula is C15H22O3. The van der Waals surface area contributed by atoms with Crippen LogP contribution in [0.2, 0.25) is 0 Å². The van der Waals surface area contributed by atoms with Crippen LogP contribution in [0.5, 0.6) is 5.75 Å². The first-order chi connectivity index (χ1) is 8.52. The molecular weight excluding hydrogens is 228 g/mol. The molecule has 1 unspecified atom stereocenters. The zero-order chi connectivity index (χ0) is 13.5. The minimum absolute atomic E-state index is 0.0978. The summed E-state index contributed by atoms with van der Waals surface area (Å²) in [5, 5.41) is 8.92.